The van der Waals surface area contributed by atoms with Crippen LogP contribution < -0.4 is 5.32 Å². The fourth-order valence-electron chi connectivity index (χ4n) is 2.05. The van der Waals surface area contributed by atoms with E-state index in [1.807, 2.05) is 0 Å². The number of non-ortho nitro benzene ring substituents is 1. The van der Waals surface area contributed by atoms with Crippen molar-refractivity contribution in [2.45, 2.75) is 45.4 Å². The van der Waals surface area contributed by atoms with E-state index in [1.165, 1.54) is 43.9 Å². The molecule has 1 aromatic carbocycles. The van der Waals surface area contributed by atoms with Gasteiger partial charge >= 0.3 is 0 Å². The number of nitrogens with one attached hydrogen (secondary N) is 1. The van der Waals surface area contributed by atoms with E-state index in [0.29, 0.717) is 6.54 Å². The Labute approximate surface area is 131 Å². The van der Waals surface area contributed by atoms with Gasteiger partial charge in [-0.3, -0.25) is 14.9 Å². The number of hydrogen-bond donors (Lipinski definition) is 1. The van der Waals surface area contributed by atoms with Crippen molar-refractivity contribution in [2.75, 3.05) is 6.54 Å². The quantitative estimate of drug-likeness (QED) is 0.306. The molecule has 0 aromatic heterocycles. The lowest BCUT2D eigenvalue weighted by atomic mass is 10.1. The molecule has 5 nitrogen and oxygen atoms in total. The van der Waals surface area contributed by atoms with Gasteiger partial charge in [0.1, 0.15) is 0 Å². The molecule has 0 fully saturated rings. The Hall–Kier alpha value is -2.17. The van der Waals surface area contributed by atoms with Crippen LogP contribution in [-0.4, -0.2) is 17.4 Å². The van der Waals surface area contributed by atoms with Gasteiger partial charge in [0.2, 0.25) is 5.91 Å². The first-order chi connectivity index (χ1) is 10.6. The molecule has 120 valence electrons. The van der Waals surface area contributed by atoms with Crippen LogP contribution in [0.4, 0.5) is 5.69 Å². The minimum Gasteiger partial charge on any atom is -0.353 e. The van der Waals surface area contributed by atoms with Crippen molar-refractivity contribution in [3.63, 3.8) is 0 Å². The molecule has 1 aromatic rings. The van der Waals surface area contributed by atoms with Gasteiger partial charge in [-0.1, -0.05) is 39.0 Å². The molecule has 0 saturated carbocycles. The lowest BCUT2D eigenvalue weighted by Gasteiger charge is -2.02. The van der Waals surface area contributed by atoms with Gasteiger partial charge in [0.25, 0.3) is 5.69 Å². The SMILES string of the molecule is CCCCCCCCNC(=O)/C=C/c1ccc([N+](=O)[O-])cc1. The molecule has 0 bridgehead atoms. The van der Waals surface area contributed by atoms with Crippen LogP contribution >= 0.6 is 0 Å². The van der Waals surface area contributed by atoms with Crippen LogP contribution in [0.15, 0.2) is 30.3 Å². The topological polar surface area (TPSA) is 72.2 Å². The molecule has 0 spiro atoms. The number of amides is 1. The standard InChI is InChI=1S/C17H24N2O3/c1-2-3-4-5-6-7-14-18-17(20)13-10-15-8-11-16(12-9-15)19(21)22/h8-13H,2-7,14H2,1H3,(H,18,20)/b13-10+. The number of nitro benzene ring substituents is 1. The van der Waals surface area contributed by atoms with Crippen molar-refractivity contribution in [3.05, 3.63) is 46.0 Å². The minimum atomic E-state index is -0.444. The number of hydrogen-bond acceptors (Lipinski definition) is 3. The summed E-state index contributed by atoms with van der Waals surface area (Å²) in [4.78, 5) is 21.7. The molecule has 1 amide bonds. The summed E-state index contributed by atoms with van der Waals surface area (Å²) in [5.41, 5.74) is 0.810. The zero-order valence-electron chi connectivity index (χ0n) is 13.1. The second kappa shape index (κ2) is 10.5. The van der Waals surface area contributed by atoms with Crippen LogP contribution in [0.25, 0.3) is 6.08 Å². The van der Waals surface area contributed by atoms with E-state index in [0.717, 1.165) is 18.4 Å². The maximum atomic E-state index is 11.6. The van der Waals surface area contributed by atoms with Crippen LogP contribution in [0.1, 0.15) is 51.0 Å². The first kappa shape index (κ1) is 17.9. The molecule has 0 atom stereocenters. The predicted molar refractivity (Wildman–Crippen MR) is 88.5 cm³/mol. The summed E-state index contributed by atoms with van der Waals surface area (Å²) in [6.07, 6.45) is 10.3. The third-order valence-electron chi connectivity index (χ3n) is 3.36. The average molecular weight is 304 g/mol. The highest BCUT2D eigenvalue weighted by atomic mass is 16.6. The highest BCUT2D eigenvalue weighted by Crippen LogP contribution is 2.12. The normalized spacial score (nSPS) is 10.8. The lowest BCUT2D eigenvalue weighted by molar-refractivity contribution is -0.384. The average Bonchev–Trinajstić information content (AvgIpc) is 2.52. The third kappa shape index (κ3) is 7.57. The number of carbonyl (C=O) groups excluding carboxylic acids is 1. The first-order valence-electron chi connectivity index (χ1n) is 7.84. The van der Waals surface area contributed by atoms with Crippen molar-refractivity contribution in [1.29, 1.82) is 0 Å². The zero-order chi connectivity index (χ0) is 16.2. The Kier molecular flexibility index (Phi) is 8.57. The molecule has 0 aliphatic carbocycles. The van der Waals surface area contributed by atoms with Crippen molar-refractivity contribution < 1.29 is 9.72 Å². The van der Waals surface area contributed by atoms with Crippen molar-refractivity contribution in [3.8, 4) is 0 Å². The van der Waals surface area contributed by atoms with Gasteiger partial charge in [-0.2, -0.15) is 0 Å². The van der Waals surface area contributed by atoms with Crippen LogP contribution in [0.3, 0.4) is 0 Å². The molecule has 22 heavy (non-hydrogen) atoms. The van der Waals surface area contributed by atoms with E-state index in [2.05, 4.69) is 12.2 Å². The van der Waals surface area contributed by atoms with Crippen LogP contribution in [0.5, 0.6) is 0 Å². The van der Waals surface area contributed by atoms with E-state index < -0.39 is 4.92 Å². The Morgan fingerprint density at radius 1 is 1.14 bits per heavy atom. The van der Waals surface area contributed by atoms with E-state index in [9.17, 15) is 14.9 Å². The predicted octanol–water partition coefficient (Wildman–Crippen LogP) is 4.08. The van der Waals surface area contributed by atoms with Gasteiger partial charge in [-0.05, 0) is 30.2 Å². The van der Waals surface area contributed by atoms with E-state index in [4.69, 9.17) is 0 Å². The molecule has 1 rings (SSSR count). The molecule has 5 heteroatoms. The van der Waals surface area contributed by atoms with Gasteiger partial charge in [0.15, 0.2) is 0 Å². The van der Waals surface area contributed by atoms with Gasteiger partial charge in [-0.25, -0.2) is 0 Å². The van der Waals surface area contributed by atoms with Crippen molar-refractivity contribution in [2.24, 2.45) is 0 Å². The molecular weight excluding hydrogens is 280 g/mol. The number of nitrogens with zero attached hydrogens (tertiary/aromatic N) is 1. The highest BCUT2D eigenvalue weighted by molar-refractivity contribution is 5.91. The van der Waals surface area contributed by atoms with Gasteiger partial charge in [0.05, 0.1) is 4.92 Å². The fraction of sp³-hybridized carbons (Fsp3) is 0.471. The number of benzene rings is 1. The number of carbonyl (C=O) groups is 1. The zero-order valence-corrected chi connectivity index (χ0v) is 13.1. The molecule has 0 radical (unpaired) electrons. The molecule has 0 heterocycles. The van der Waals surface area contributed by atoms with E-state index >= 15 is 0 Å². The lowest BCUT2D eigenvalue weighted by Crippen LogP contribution is -2.21. The van der Waals surface area contributed by atoms with Crippen LogP contribution in [0.2, 0.25) is 0 Å². The largest absolute Gasteiger partial charge is 0.353 e. The molecule has 1 N–H and O–H groups in total. The highest BCUT2D eigenvalue weighted by Gasteiger charge is 2.02. The number of unbranched alkanes of at least 4 members (excludes halogenated alkanes) is 5. The Balaban J connectivity index is 2.22. The molecule has 0 saturated heterocycles. The summed E-state index contributed by atoms with van der Waals surface area (Å²) in [7, 11) is 0. The molecule has 0 aliphatic rings. The summed E-state index contributed by atoms with van der Waals surface area (Å²) in [6.45, 7) is 2.88. The fourth-order valence-corrected chi connectivity index (χ4v) is 2.05. The smallest absolute Gasteiger partial charge is 0.269 e. The molecule has 0 unspecified atom stereocenters. The maximum Gasteiger partial charge on any atom is 0.269 e. The van der Waals surface area contributed by atoms with Gasteiger partial charge in [0, 0.05) is 24.8 Å². The Bertz CT molecular complexity index is 495. The van der Waals surface area contributed by atoms with Crippen LogP contribution in [0, 0.1) is 10.1 Å². The second-order valence-corrected chi connectivity index (χ2v) is 5.24. The maximum absolute atomic E-state index is 11.6. The van der Waals surface area contributed by atoms with Gasteiger partial charge in [-0.15, -0.1) is 0 Å². The monoisotopic (exact) mass is 304 g/mol. The second-order valence-electron chi connectivity index (χ2n) is 5.24. The molecule has 0 aliphatic heterocycles. The summed E-state index contributed by atoms with van der Waals surface area (Å²) >= 11 is 0. The third-order valence-corrected chi connectivity index (χ3v) is 3.36. The number of rotatable bonds is 10. The Morgan fingerprint density at radius 3 is 2.41 bits per heavy atom. The Morgan fingerprint density at radius 2 is 1.77 bits per heavy atom. The van der Waals surface area contributed by atoms with Crippen molar-refractivity contribution in [1.82, 2.24) is 5.32 Å². The summed E-state index contributed by atoms with van der Waals surface area (Å²) in [6, 6.07) is 6.09. The summed E-state index contributed by atoms with van der Waals surface area (Å²) in [5.74, 6) is -0.132. The minimum absolute atomic E-state index is 0.0460. The van der Waals surface area contributed by atoms with Crippen molar-refractivity contribution >= 4 is 17.7 Å². The summed E-state index contributed by atoms with van der Waals surface area (Å²) in [5, 5.41) is 13.4. The van der Waals surface area contributed by atoms with Gasteiger partial charge < -0.3 is 5.32 Å². The number of nitro groups is 1. The van der Waals surface area contributed by atoms with E-state index in [-0.39, 0.29) is 11.6 Å². The van der Waals surface area contributed by atoms with Crippen LogP contribution in [-0.2, 0) is 4.79 Å². The summed E-state index contributed by atoms with van der Waals surface area (Å²) < 4.78 is 0. The molecular formula is C17H24N2O3. The van der Waals surface area contributed by atoms with E-state index in [1.54, 1.807) is 18.2 Å². The first-order valence-corrected chi connectivity index (χ1v) is 7.84.